The van der Waals surface area contributed by atoms with Crippen molar-refractivity contribution in [3.8, 4) is 0 Å². The number of halogens is 1. The molecule has 2 nitrogen and oxygen atoms in total. The second kappa shape index (κ2) is 4.73. The average Bonchev–Trinajstić information content (AvgIpc) is 2.36. The maximum absolute atomic E-state index is 6.04. The third kappa shape index (κ3) is 1.93. The monoisotopic (exact) mass is 258 g/mol. The van der Waals surface area contributed by atoms with Crippen LogP contribution in [0, 0.1) is 0 Å². The van der Waals surface area contributed by atoms with Gasteiger partial charge in [-0.2, -0.15) is 0 Å². The summed E-state index contributed by atoms with van der Waals surface area (Å²) in [7, 11) is 0. The maximum atomic E-state index is 6.04. The number of nitrogens with one attached hydrogen (secondary N) is 1. The van der Waals surface area contributed by atoms with Gasteiger partial charge in [-0.3, -0.25) is 11.3 Å². The molecule has 3 heteroatoms. The lowest BCUT2D eigenvalue weighted by Crippen LogP contribution is -2.37. The molecule has 1 aliphatic carbocycles. The first kappa shape index (κ1) is 11.7. The van der Waals surface area contributed by atoms with Gasteiger partial charge in [0.2, 0.25) is 0 Å². The summed E-state index contributed by atoms with van der Waals surface area (Å²) in [5.74, 6) is 6.16. The van der Waals surface area contributed by atoms with E-state index >= 15 is 0 Å². The molecule has 18 heavy (non-hydrogen) atoms. The van der Waals surface area contributed by atoms with E-state index < -0.39 is 0 Å². The lowest BCUT2D eigenvalue weighted by molar-refractivity contribution is 0.419. The molecular formula is C15H15ClN2. The van der Waals surface area contributed by atoms with E-state index in [4.69, 9.17) is 17.4 Å². The predicted octanol–water partition coefficient (Wildman–Crippen LogP) is 3.18. The third-order valence-electron chi connectivity index (χ3n) is 3.68. The average molecular weight is 259 g/mol. The van der Waals surface area contributed by atoms with Crippen molar-refractivity contribution < 1.29 is 0 Å². The first-order valence-corrected chi connectivity index (χ1v) is 6.47. The summed E-state index contributed by atoms with van der Waals surface area (Å²) in [5.41, 5.74) is 6.88. The van der Waals surface area contributed by atoms with Crippen molar-refractivity contribution in [3.05, 3.63) is 70.2 Å². The Morgan fingerprint density at radius 3 is 2.72 bits per heavy atom. The number of hydrogen-bond acceptors (Lipinski definition) is 2. The molecule has 0 heterocycles. The van der Waals surface area contributed by atoms with Gasteiger partial charge in [0.1, 0.15) is 0 Å². The van der Waals surface area contributed by atoms with Gasteiger partial charge in [-0.15, -0.1) is 0 Å². The molecule has 0 radical (unpaired) electrons. The lowest BCUT2D eigenvalue weighted by atomic mass is 9.72. The Bertz CT molecular complexity index is 568. The number of rotatable bonds is 3. The van der Waals surface area contributed by atoms with Gasteiger partial charge < -0.3 is 0 Å². The minimum absolute atomic E-state index is 0.124. The molecule has 0 fully saturated rings. The summed E-state index contributed by atoms with van der Waals surface area (Å²) >= 11 is 6.04. The van der Waals surface area contributed by atoms with Crippen LogP contribution < -0.4 is 11.3 Å². The zero-order valence-electron chi connectivity index (χ0n) is 9.94. The quantitative estimate of drug-likeness (QED) is 0.656. The van der Waals surface area contributed by atoms with E-state index in [0.717, 1.165) is 17.0 Å². The summed E-state index contributed by atoms with van der Waals surface area (Å²) in [6.07, 6.45) is 1.07. The molecule has 0 saturated carbocycles. The summed E-state index contributed by atoms with van der Waals surface area (Å²) < 4.78 is 0. The Labute approximate surface area is 112 Å². The topological polar surface area (TPSA) is 38.0 Å². The van der Waals surface area contributed by atoms with Gasteiger partial charge in [-0.05, 0) is 35.2 Å². The zero-order chi connectivity index (χ0) is 12.5. The molecule has 2 unspecified atom stereocenters. The summed E-state index contributed by atoms with van der Waals surface area (Å²) in [6.45, 7) is 0. The van der Waals surface area contributed by atoms with Crippen molar-refractivity contribution in [2.24, 2.45) is 5.84 Å². The van der Waals surface area contributed by atoms with Crippen LogP contribution in [0.1, 0.15) is 28.7 Å². The van der Waals surface area contributed by atoms with Crippen molar-refractivity contribution in [3.63, 3.8) is 0 Å². The smallest absolute Gasteiger partial charge is 0.0532 e. The van der Waals surface area contributed by atoms with E-state index in [1.807, 2.05) is 18.2 Å². The number of hydrogen-bond donors (Lipinski definition) is 2. The van der Waals surface area contributed by atoms with Gasteiger partial charge in [0, 0.05) is 10.9 Å². The van der Waals surface area contributed by atoms with Gasteiger partial charge in [-0.25, -0.2) is 0 Å². The largest absolute Gasteiger partial charge is 0.271 e. The van der Waals surface area contributed by atoms with Crippen LogP contribution in [0.4, 0.5) is 0 Å². The van der Waals surface area contributed by atoms with E-state index in [-0.39, 0.29) is 6.04 Å². The van der Waals surface area contributed by atoms with E-state index in [9.17, 15) is 0 Å². The fourth-order valence-corrected chi connectivity index (χ4v) is 2.94. The highest BCUT2D eigenvalue weighted by Gasteiger charge is 2.33. The Hall–Kier alpha value is -1.35. The highest BCUT2D eigenvalue weighted by molar-refractivity contribution is 6.30. The van der Waals surface area contributed by atoms with Crippen LogP contribution in [-0.2, 0) is 6.42 Å². The van der Waals surface area contributed by atoms with Crippen LogP contribution in [0.25, 0.3) is 0 Å². The van der Waals surface area contributed by atoms with Crippen LogP contribution in [0.3, 0.4) is 0 Å². The van der Waals surface area contributed by atoms with Gasteiger partial charge in [0.15, 0.2) is 0 Å². The molecule has 2 atom stereocenters. The minimum Gasteiger partial charge on any atom is -0.271 e. The molecule has 0 aromatic heterocycles. The van der Waals surface area contributed by atoms with E-state index in [2.05, 4.69) is 35.8 Å². The molecule has 0 amide bonds. The number of fused-ring (bicyclic) bond motifs is 1. The number of hydrazine groups is 1. The zero-order valence-corrected chi connectivity index (χ0v) is 10.7. The molecular weight excluding hydrogens is 244 g/mol. The Kier molecular flexibility index (Phi) is 3.08. The molecule has 0 bridgehead atoms. The van der Waals surface area contributed by atoms with Crippen molar-refractivity contribution in [1.82, 2.24) is 5.43 Å². The van der Waals surface area contributed by atoms with Crippen LogP contribution >= 0.6 is 11.6 Å². The van der Waals surface area contributed by atoms with Crippen LogP contribution in [-0.4, -0.2) is 0 Å². The molecule has 2 aromatic carbocycles. The Morgan fingerprint density at radius 2 is 2.00 bits per heavy atom. The fraction of sp³-hybridized carbons (Fsp3) is 0.200. The molecule has 3 N–H and O–H groups in total. The number of nitrogens with two attached hydrogens (primary N) is 1. The van der Waals surface area contributed by atoms with Gasteiger partial charge in [-0.1, -0.05) is 48.0 Å². The van der Waals surface area contributed by atoms with Gasteiger partial charge >= 0.3 is 0 Å². The molecule has 0 spiro atoms. The summed E-state index contributed by atoms with van der Waals surface area (Å²) in [5, 5.41) is 0.750. The third-order valence-corrected chi connectivity index (χ3v) is 3.92. The normalized spacial score (nSPS) is 18.9. The lowest BCUT2D eigenvalue weighted by Gasteiger charge is -2.36. The fourth-order valence-electron chi connectivity index (χ4n) is 2.74. The highest BCUT2D eigenvalue weighted by Crippen LogP contribution is 2.43. The standard InChI is InChI=1S/C15H15ClN2/c16-12-6-3-5-11(8-12)15(18-17)14-9-10-4-1-2-7-13(10)14/h1-8,14-15,18H,9,17H2. The van der Waals surface area contributed by atoms with Gasteiger partial charge in [0.05, 0.1) is 6.04 Å². The van der Waals surface area contributed by atoms with Crippen LogP contribution in [0.5, 0.6) is 0 Å². The molecule has 2 aromatic rings. The second-order valence-electron chi connectivity index (χ2n) is 4.71. The maximum Gasteiger partial charge on any atom is 0.0532 e. The minimum atomic E-state index is 0.124. The molecule has 92 valence electrons. The first-order chi connectivity index (χ1) is 8.79. The van der Waals surface area contributed by atoms with E-state index in [0.29, 0.717) is 5.92 Å². The summed E-state index contributed by atoms with van der Waals surface area (Å²) in [6, 6.07) is 16.5. The van der Waals surface area contributed by atoms with Gasteiger partial charge in [0.25, 0.3) is 0 Å². The van der Waals surface area contributed by atoms with Crippen molar-refractivity contribution in [2.45, 2.75) is 18.4 Å². The molecule has 0 saturated heterocycles. The first-order valence-electron chi connectivity index (χ1n) is 6.09. The Morgan fingerprint density at radius 1 is 1.17 bits per heavy atom. The van der Waals surface area contributed by atoms with E-state index in [1.165, 1.54) is 11.1 Å². The SMILES string of the molecule is NNC(c1cccc(Cl)c1)C1Cc2ccccc21. The van der Waals surface area contributed by atoms with Crippen LogP contribution in [0.15, 0.2) is 48.5 Å². The predicted molar refractivity (Wildman–Crippen MR) is 74.4 cm³/mol. The Balaban J connectivity index is 1.92. The highest BCUT2D eigenvalue weighted by atomic mass is 35.5. The second-order valence-corrected chi connectivity index (χ2v) is 5.15. The van der Waals surface area contributed by atoms with Crippen molar-refractivity contribution >= 4 is 11.6 Å². The molecule has 3 rings (SSSR count). The summed E-state index contributed by atoms with van der Waals surface area (Å²) in [4.78, 5) is 0. The van der Waals surface area contributed by atoms with Crippen LogP contribution in [0.2, 0.25) is 5.02 Å². The van der Waals surface area contributed by atoms with Crippen molar-refractivity contribution in [2.75, 3.05) is 0 Å². The molecule has 0 aliphatic heterocycles. The van der Waals surface area contributed by atoms with E-state index in [1.54, 1.807) is 0 Å². The van der Waals surface area contributed by atoms with Crippen molar-refractivity contribution in [1.29, 1.82) is 0 Å². The molecule has 1 aliphatic rings. The number of benzene rings is 2.